The largest absolute Gasteiger partial charge is 0.480 e. The van der Waals surface area contributed by atoms with Gasteiger partial charge in [-0.05, 0) is 19.3 Å². The maximum atomic E-state index is 11.9. The summed E-state index contributed by atoms with van der Waals surface area (Å²) in [5.41, 5.74) is 0. The van der Waals surface area contributed by atoms with Crippen LogP contribution in [0.25, 0.3) is 0 Å². The van der Waals surface area contributed by atoms with Crippen LogP contribution in [-0.2, 0) is 9.59 Å². The highest BCUT2D eigenvalue weighted by atomic mass is 32.2. The molecule has 0 bridgehead atoms. The van der Waals surface area contributed by atoms with E-state index in [1.165, 1.54) is 24.6 Å². The number of amides is 1. The average molecular weight is 259 g/mol. The molecule has 0 spiro atoms. The fraction of sp³-hybridized carbons (Fsp3) is 0.833. The molecule has 1 saturated heterocycles. The molecule has 0 aromatic rings. The zero-order valence-electron chi connectivity index (χ0n) is 10.4. The number of hydrogen-bond acceptors (Lipinski definition) is 3. The Morgan fingerprint density at radius 3 is 2.29 bits per heavy atom. The molecule has 1 fully saturated rings. The van der Waals surface area contributed by atoms with Gasteiger partial charge in [0.15, 0.2) is 0 Å². The summed E-state index contributed by atoms with van der Waals surface area (Å²) in [4.78, 5) is 24.6. The molecule has 1 N–H and O–H groups in total. The Bertz CT molecular complexity index is 262. The van der Waals surface area contributed by atoms with E-state index in [-0.39, 0.29) is 5.91 Å². The zero-order valence-corrected chi connectivity index (χ0v) is 11.2. The summed E-state index contributed by atoms with van der Waals surface area (Å²) in [6.45, 7) is 3.51. The first-order chi connectivity index (χ1) is 8.15. The van der Waals surface area contributed by atoms with Crippen molar-refractivity contribution in [1.29, 1.82) is 0 Å². The summed E-state index contributed by atoms with van der Waals surface area (Å²) in [6, 6.07) is 0. The highest BCUT2D eigenvalue weighted by molar-refractivity contribution is 8.01. The minimum absolute atomic E-state index is 0.0941. The summed E-state index contributed by atoms with van der Waals surface area (Å²) in [7, 11) is 0. The van der Waals surface area contributed by atoms with Crippen molar-refractivity contribution >= 4 is 23.6 Å². The minimum atomic E-state index is -0.818. The Kier molecular flexibility index (Phi) is 6.40. The molecule has 1 aliphatic heterocycles. The van der Waals surface area contributed by atoms with Crippen LogP contribution in [-0.4, -0.2) is 46.0 Å². The number of thioether (sulfide) groups is 1. The van der Waals surface area contributed by atoms with E-state index in [1.54, 1.807) is 0 Å². The number of carboxylic acid groups (broad SMARTS) is 1. The van der Waals surface area contributed by atoms with Crippen LogP contribution in [0.2, 0.25) is 0 Å². The molecule has 98 valence electrons. The topological polar surface area (TPSA) is 57.6 Å². The number of carbonyl (C=O) groups is 2. The number of nitrogens with zero attached hydrogens (tertiary/aromatic N) is 1. The zero-order chi connectivity index (χ0) is 12.7. The highest BCUT2D eigenvalue weighted by Crippen LogP contribution is 2.17. The van der Waals surface area contributed by atoms with Crippen LogP contribution in [0.4, 0.5) is 0 Å². The van der Waals surface area contributed by atoms with Gasteiger partial charge in [0, 0.05) is 13.1 Å². The normalized spacial score (nSPS) is 18.5. The van der Waals surface area contributed by atoms with Crippen molar-refractivity contribution in [3.05, 3.63) is 0 Å². The second-order valence-corrected chi connectivity index (χ2v) is 5.53. The van der Waals surface area contributed by atoms with Crippen LogP contribution in [0.15, 0.2) is 0 Å². The standard InChI is InChI=1S/C12H21NO3S/c1-2-10(12(15)16)17-9-11(14)13-7-5-3-4-6-8-13/h10H,2-9H2,1H3,(H,15,16). The number of rotatable bonds is 5. The van der Waals surface area contributed by atoms with Gasteiger partial charge in [-0.15, -0.1) is 11.8 Å². The summed E-state index contributed by atoms with van der Waals surface area (Å²) < 4.78 is 0. The van der Waals surface area contributed by atoms with E-state index in [0.717, 1.165) is 25.9 Å². The third-order valence-electron chi connectivity index (χ3n) is 3.01. The summed E-state index contributed by atoms with van der Waals surface area (Å²) in [6.07, 6.45) is 5.11. The maximum Gasteiger partial charge on any atom is 0.316 e. The summed E-state index contributed by atoms with van der Waals surface area (Å²) in [5, 5.41) is 8.44. The lowest BCUT2D eigenvalue weighted by Gasteiger charge is -2.20. The van der Waals surface area contributed by atoms with E-state index in [9.17, 15) is 9.59 Å². The predicted octanol–water partition coefficient (Wildman–Crippen LogP) is 1.99. The fourth-order valence-electron chi connectivity index (χ4n) is 1.95. The van der Waals surface area contributed by atoms with E-state index < -0.39 is 11.2 Å². The third kappa shape index (κ3) is 4.98. The Morgan fingerprint density at radius 1 is 1.24 bits per heavy atom. The smallest absolute Gasteiger partial charge is 0.316 e. The van der Waals surface area contributed by atoms with Gasteiger partial charge in [-0.2, -0.15) is 0 Å². The van der Waals surface area contributed by atoms with Crippen molar-refractivity contribution in [2.24, 2.45) is 0 Å². The van der Waals surface area contributed by atoms with E-state index in [1.807, 2.05) is 11.8 Å². The molecule has 0 aromatic carbocycles. The summed E-state index contributed by atoms with van der Waals surface area (Å²) >= 11 is 1.25. The molecular formula is C12H21NO3S. The molecule has 1 aliphatic rings. The average Bonchev–Trinajstić information content (AvgIpc) is 2.57. The van der Waals surface area contributed by atoms with E-state index >= 15 is 0 Å². The van der Waals surface area contributed by atoms with Crippen LogP contribution in [0, 0.1) is 0 Å². The Hall–Kier alpha value is -0.710. The first-order valence-corrected chi connectivity index (χ1v) is 7.32. The second kappa shape index (κ2) is 7.58. The van der Waals surface area contributed by atoms with Crippen molar-refractivity contribution in [2.45, 2.75) is 44.3 Å². The first-order valence-electron chi connectivity index (χ1n) is 6.27. The molecule has 0 saturated carbocycles. The Labute approximate surface area is 107 Å². The lowest BCUT2D eigenvalue weighted by molar-refractivity contribution is -0.136. The number of carboxylic acids is 1. The highest BCUT2D eigenvalue weighted by Gasteiger charge is 2.20. The van der Waals surface area contributed by atoms with Crippen LogP contribution in [0.3, 0.4) is 0 Å². The molecule has 1 rings (SSSR count). The maximum absolute atomic E-state index is 11.9. The van der Waals surface area contributed by atoms with Gasteiger partial charge < -0.3 is 10.0 Å². The van der Waals surface area contributed by atoms with Crippen molar-refractivity contribution in [1.82, 2.24) is 4.90 Å². The minimum Gasteiger partial charge on any atom is -0.480 e. The van der Waals surface area contributed by atoms with Gasteiger partial charge in [-0.1, -0.05) is 19.8 Å². The molecule has 5 heteroatoms. The van der Waals surface area contributed by atoms with Crippen LogP contribution in [0.5, 0.6) is 0 Å². The molecular weight excluding hydrogens is 238 g/mol. The second-order valence-electron chi connectivity index (χ2n) is 4.34. The lowest BCUT2D eigenvalue weighted by atomic mass is 10.2. The van der Waals surface area contributed by atoms with Crippen LogP contribution in [0.1, 0.15) is 39.0 Å². The molecule has 1 unspecified atom stereocenters. The van der Waals surface area contributed by atoms with Gasteiger partial charge in [-0.3, -0.25) is 9.59 Å². The number of likely N-dealkylation sites (tertiary alicyclic amines) is 1. The molecule has 1 heterocycles. The van der Waals surface area contributed by atoms with Crippen molar-refractivity contribution in [3.63, 3.8) is 0 Å². The van der Waals surface area contributed by atoms with E-state index in [4.69, 9.17) is 5.11 Å². The number of hydrogen-bond donors (Lipinski definition) is 1. The van der Waals surface area contributed by atoms with Crippen LogP contribution < -0.4 is 0 Å². The van der Waals surface area contributed by atoms with Crippen molar-refractivity contribution in [3.8, 4) is 0 Å². The van der Waals surface area contributed by atoms with Gasteiger partial charge in [0.05, 0.1) is 5.75 Å². The lowest BCUT2D eigenvalue weighted by Crippen LogP contribution is -2.34. The molecule has 17 heavy (non-hydrogen) atoms. The van der Waals surface area contributed by atoms with Gasteiger partial charge in [0.25, 0.3) is 0 Å². The number of carbonyl (C=O) groups excluding carboxylic acids is 1. The molecule has 0 aliphatic carbocycles. The predicted molar refractivity (Wildman–Crippen MR) is 69.2 cm³/mol. The first kappa shape index (κ1) is 14.4. The quantitative estimate of drug-likeness (QED) is 0.820. The summed E-state index contributed by atoms with van der Waals surface area (Å²) in [5.74, 6) is -0.428. The van der Waals surface area contributed by atoms with E-state index in [2.05, 4.69) is 0 Å². The molecule has 4 nitrogen and oxygen atoms in total. The Balaban J connectivity index is 2.34. The van der Waals surface area contributed by atoms with Gasteiger partial charge in [0.2, 0.25) is 5.91 Å². The van der Waals surface area contributed by atoms with Gasteiger partial charge >= 0.3 is 5.97 Å². The van der Waals surface area contributed by atoms with Crippen LogP contribution >= 0.6 is 11.8 Å². The monoisotopic (exact) mass is 259 g/mol. The Morgan fingerprint density at radius 2 is 1.82 bits per heavy atom. The van der Waals surface area contributed by atoms with Gasteiger partial charge in [0.1, 0.15) is 5.25 Å². The fourth-order valence-corrected chi connectivity index (χ4v) is 2.85. The molecule has 1 amide bonds. The molecule has 0 aromatic heterocycles. The third-order valence-corrected chi connectivity index (χ3v) is 4.36. The molecule has 0 radical (unpaired) electrons. The molecule has 1 atom stereocenters. The van der Waals surface area contributed by atoms with E-state index in [0.29, 0.717) is 12.2 Å². The number of aliphatic carboxylic acids is 1. The van der Waals surface area contributed by atoms with Gasteiger partial charge in [-0.25, -0.2) is 0 Å². The van der Waals surface area contributed by atoms with Crippen molar-refractivity contribution < 1.29 is 14.7 Å². The van der Waals surface area contributed by atoms with Crippen molar-refractivity contribution in [2.75, 3.05) is 18.8 Å². The SMILES string of the molecule is CCC(SCC(=O)N1CCCCCC1)C(=O)O.